The van der Waals surface area contributed by atoms with E-state index in [-0.39, 0.29) is 41.0 Å². The van der Waals surface area contributed by atoms with Crippen molar-refractivity contribution in [2.45, 2.75) is 180 Å². The second-order valence-corrected chi connectivity index (χ2v) is 20.1. The van der Waals surface area contributed by atoms with Crippen LogP contribution in [-0.2, 0) is 53.9 Å². The second-order valence-electron chi connectivity index (χ2n) is 19.4. The first-order valence-corrected chi connectivity index (χ1v) is 25.1. The molecule has 21 heteroatoms. The van der Waals surface area contributed by atoms with E-state index in [2.05, 4.69) is 0 Å². The Morgan fingerprint density at radius 1 is 0.932 bits per heavy atom. The van der Waals surface area contributed by atoms with Gasteiger partial charge in [0.05, 0.1) is 54.1 Å². The van der Waals surface area contributed by atoms with E-state index in [1.807, 2.05) is 6.92 Å². The highest BCUT2D eigenvalue weighted by Crippen LogP contribution is 2.45. The van der Waals surface area contributed by atoms with Gasteiger partial charge in [0, 0.05) is 19.4 Å². The number of aliphatic hydroxyl groups is 6. The molecule has 0 spiro atoms. The quantitative estimate of drug-likeness (QED) is 0.0674. The number of phenols is 2. The van der Waals surface area contributed by atoms with E-state index in [0.717, 1.165) is 0 Å². The SMILES string of the molecule is CCc1c(Cl)c(O)c(Cl)c(O)c1C(=O)O[C@H]1[C@H](O)[C@H](OC)[C@H](OC/C2=C\C=C\C[C@H](O)/C(CO)=C/[C@H](CC)[C@@H](O[C@@H]3OC(C)(C)[C@@H](OC(=O)C(C)C)[C@H](O)[C@@H]3O)/C(C)=C/C(C)=C/C[C@@H]([C@@H](C)O)OC2=O)O[C@@H]1C. The first-order chi connectivity index (χ1) is 34.2. The molecule has 2 fully saturated rings. The molecular formula is C52H74Cl2O19. The average Bonchev–Trinajstić information content (AvgIpc) is 3.33. The summed E-state index contributed by atoms with van der Waals surface area (Å²) in [5.41, 5.74) is -0.268. The van der Waals surface area contributed by atoms with Gasteiger partial charge in [-0.05, 0) is 83.6 Å². The number of halogens is 2. The molecule has 3 aliphatic heterocycles. The van der Waals surface area contributed by atoms with Gasteiger partial charge in [-0.3, -0.25) is 4.79 Å². The fourth-order valence-electron chi connectivity index (χ4n) is 8.66. The van der Waals surface area contributed by atoms with Crippen molar-refractivity contribution in [1.82, 2.24) is 0 Å². The smallest absolute Gasteiger partial charge is 0.342 e. The zero-order valence-corrected chi connectivity index (χ0v) is 44.7. The van der Waals surface area contributed by atoms with Gasteiger partial charge in [0.25, 0.3) is 0 Å². The van der Waals surface area contributed by atoms with E-state index < -0.39 is 150 Å². The van der Waals surface area contributed by atoms with Gasteiger partial charge in [0.2, 0.25) is 0 Å². The van der Waals surface area contributed by atoms with Crippen molar-refractivity contribution >= 4 is 41.1 Å². The van der Waals surface area contributed by atoms with E-state index in [1.165, 1.54) is 39.2 Å². The molecule has 19 nitrogen and oxygen atoms in total. The van der Waals surface area contributed by atoms with Crippen LogP contribution in [0.25, 0.3) is 0 Å². The summed E-state index contributed by atoms with van der Waals surface area (Å²) in [6.07, 6.45) is -6.94. The number of aliphatic hydroxyl groups excluding tert-OH is 6. The van der Waals surface area contributed by atoms with Crippen LogP contribution in [0.1, 0.15) is 104 Å². The van der Waals surface area contributed by atoms with E-state index in [4.69, 9.17) is 61.1 Å². The average molecular weight is 1070 g/mol. The van der Waals surface area contributed by atoms with Crippen LogP contribution >= 0.6 is 23.2 Å². The van der Waals surface area contributed by atoms with Gasteiger partial charge < -0.3 is 78.7 Å². The molecular weight excluding hydrogens is 999 g/mol. The van der Waals surface area contributed by atoms with Gasteiger partial charge in [-0.1, -0.05) is 86.9 Å². The summed E-state index contributed by atoms with van der Waals surface area (Å²) in [5, 5.41) is 87.0. The number of hydrogen-bond donors (Lipinski definition) is 8. The molecule has 0 saturated carbocycles. The summed E-state index contributed by atoms with van der Waals surface area (Å²) in [6.45, 7) is 15.4. The molecule has 3 aliphatic rings. The van der Waals surface area contributed by atoms with Crippen molar-refractivity contribution < 1.29 is 93.1 Å². The molecule has 1 aromatic carbocycles. The van der Waals surface area contributed by atoms with Crippen LogP contribution in [0.5, 0.6) is 11.5 Å². The third kappa shape index (κ3) is 15.1. The Hall–Kier alpha value is -3.93. The number of aromatic hydroxyl groups is 2. The highest BCUT2D eigenvalue weighted by Gasteiger charge is 2.53. The summed E-state index contributed by atoms with van der Waals surface area (Å²) in [5.74, 6) is -5.05. The summed E-state index contributed by atoms with van der Waals surface area (Å²) in [4.78, 5) is 40.0. The monoisotopic (exact) mass is 1070 g/mol. The van der Waals surface area contributed by atoms with E-state index in [1.54, 1.807) is 66.7 Å². The fraction of sp³-hybridized carbons (Fsp3) is 0.635. The number of benzene rings is 1. The Bertz CT molecular complexity index is 2240. The molecule has 8 N–H and O–H groups in total. The van der Waals surface area contributed by atoms with Crippen LogP contribution in [0.3, 0.4) is 0 Å². The Morgan fingerprint density at radius 3 is 2.19 bits per heavy atom. The number of allylic oxidation sites excluding steroid dienone is 4. The number of cyclic esters (lactones) is 1. The standard InChI is InChI=1S/C52H74Cl2O19/c1-12-29-21-31(22-55)33(57)17-15-14-16-30(23-67-51-45(66-11)42(62)44(28(8)68-51)70-49(65)35-32(13-2)36(53)39(59)37(54)38(35)58)48(64)69-34(27(7)56)19-18-25(5)20-26(6)43(29)71-50-41(61)40(60)46(52(9,10)73-50)72-47(63)24(3)4/h14-16,18,20-21,24,27-29,33-34,40-46,50-51,55-62H,12-13,17,19,22-23H2,1-11H3/b15-14+,25-18+,26-20+,30-16+,31-21+/t27-,28-,29+,33+,34+,40-,41+,42+,43+,44-,45+,46+,50-,51-/m1/s1. The number of hydrogen-bond acceptors (Lipinski definition) is 19. The molecule has 0 unspecified atom stereocenters. The lowest BCUT2D eigenvalue weighted by Crippen LogP contribution is -2.64. The zero-order valence-electron chi connectivity index (χ0n) is 43.2. The summed E-state index contributed by atoms with van der Waals surface area (Å²) < 4.78 is 47.4. The third-order valence-corrected chi connectivity index (χ3v) is 13.8. The van der Waals surface area contributed by atoms with Gasteiger partial charge >= 0.3 is 17.9 Å². The lowest BCUT2D eigenvalue weighted by Gasteiger charge is -2.47. The number of phenolic OH excluding ortho intramolecular Hbond substituents is 2. The topological polar surface area (TPSA) is 287 Å². The third-order valence-electron chi connectivity index (χ3n) is 13.0. The minimum Gasteiger partial charge on any atom is -0.505 e. The lowest BCUT2D eigenvalue weighted by molar-refractivity contribution is -0.333. The Kier molecular flexibility index (Phi) is 23.0. The second kappa shape index (κ2) is 27.2. The Labute approximate surface area is 436 Å². The molecule has 2 saturated heterocycles. The molecule has 410 valence electrons. The largest absolute Gasteiger partial charge is 0.505 e. The van der Waals surface area contributed by atoms with Crippen LogP contribution in [0.4, 0.5) is 0 Å². The van der Waals surface area contributed by atoms with Crippen molar-refractivity contribution in [3.05, 3.63) is 79.9 Å². The van der Waals surface area contributed by atoms with Crippen molar-refractivity contribution in [2.24, 2.45) is 11.8 Å². The maximum Gasteiger partial charge on any atom is 0.342 e. The highest BCUT2D eigenvalue weighted by atomic mass is 35.5. The molecule has 73 heavy (non-hydrogen) atoms. The summed E-state index contributed by atoms with van der Waals surface area (Å²) >= 11 is 12.3. The van der Waals surface area contributed by atoms with Gasteiger partial charge in [0.1, 0.15) is 46.7 Å². The molecule has 3 heterocycles. The van der Waals surface area contributed by atoms with Crippen LogP contribution in [0, 0.1) is 11.8 Å². The Balaban J connectivity index is 1.63. The van der Waals surface area contributed by atoms with Gasteiger partial charge in [0.15, 0.2) is 36.3 Å². The van der Waals surface area contributed by atoms with Crippen LogP contribution < -0.4 is 0 Å². The predicted octanol–water partition coefficient (Wildman–Crippen LogP) is 5.21. The maximum atomic E-state index is 14.0. The number of esters is 3. The molecule has 4 rings (SSSR count). The van der Waals surface area contributed by atoms with E-state index in [0.29, 0.717) is 17.6 Å². The number of rotatable bonds is 14. The molecule has 1 aromatic rings. The molecule has 0 aliphatic carbocycles. The number of carbonyl (C=O) groups is 3. The molecule has 0 bridgehead atoms. The van der Waals surface area contributed by atoms with Gasteiger partial charge in [-0.25, -0.2) is 9.59 Å². The number of methoxy groups -OCH3 is 1. The highest BCUT2D eigenvalue weighted by molar-refractivity contribution is 6.39. The van der Waals surface area contributed by atoms with Crippen molar-refractivity contribution in [2.75, 3.05) is 20.3 Å². The van der Waals surface area contributed by atoms with E-state index in [9.17, 15) is 55.2 Å². The minimum atomic E-state index is -1.66. The van der Waals surface area contributed by atoms with Gasteiger partial charge in [-0.15, -0.1) is 0 Å². The van der Waals surface area contributed by atoms with Crippen molar-refractivity contribution in [1.29, 1.82) is 0 Å². The number of carbonyl (C=O) groups excluding carboxylic acids is 3. The Morgan fingerprint density at radius 2 is 1.60 bits per heavy atom. The van der Waals surface area contributed by atoms with Crippen LogP contribution in [0.2, 0.25) is 10.0 Å². The molecule has 14 atom stereocenters. The normalized spacial score (nSPS) is 34.5. The number of ether oxygens (including phenoxy) is 8. The summed E-state index contributed by atoms with van der Waals surface area (Å²) in [6, 6.07) is 0. The first-order valence-electron chi connectivity index (χ1n) is 24.3. The lowest BCUT2D eigenvalue weighted by atomic mass is 9.88. The summed E-state index contributed by atoms with van der Waals surface area (Å²) in [7, 11) is 1.25. The predicted molar refractivity (Wildman–Crippen MR) is 267 cm³/mol. The van der Waals surface area contributed by atoms with E-state index >= 15 is 0 Å². The van der Waals surface area contributed by atoms with Crippen LogP contribution in [0.15, 0.2) is 58.7 Å². The first kappa shape index (κ1) is 61.6. The molecule has 0 aromatic heterocycles. The minimum absolute atomic E-state index is 0.0369. The molecule has 0 radical (unpaired) electrons. The zero-order chi connectivity index (χ0) is 54.8. The fourth-order valence-corrected chi connectivity index (χ4v) is 9.22. The van der Waals surface area contributed by atoms with Crippen LogP contribution in [-0.4, -0.2) is 164 Å². The van der Waals surface area contributed by atoms with Crippen molar-refractivity contribution in [3.63, 3.8) is 0 Å². The maximum absolute atomic E-state index is 14.0. The van der Waals surface area contributed by atoms with Gasteiger partial charge in [-0.2, -0.15) is 0 Å². The molecule has 0 amide bonds. The van der Waals surface area contributed by atoms with Crippen molar-refractivity contribution in [3.8, 4) is 11.5 Å².